The molecular weight excluding hydrogens is 412 g/mol. The van der Waals surface area contributed by atoms with Gasteiger partial charge in [-0.1, -0.05) is 12.1 Å². The molecule has 1 fully saturated rings. The van der Waals surface area contributed by atoms with Gasteiger partial charge in [-0.2, -0.15) is 0 Å². The van der Waals surface area contributed by atoms with Crippen LogP contribution < -0.4 is 15.2 Å². The van der Waals surface area contributed by atoms with E-state index >= 15 is 0 Å². The van der Waals surface area contributed by atoms with Gasteiger partial charge in [0.1, 0.15) is 0 Å². The van der Waals surface area contributed by atoms with Gasteiger partial charge in [0.15, 0.2) is 5.43 Å². The van der Waals surface area contributed by atoms with E-state index in [2.05, 4.69) is 46.5 Å². The van der Waals surface area contributed by atoms with Crippen LogP contribution in [0.3, 0.4) is 0 Å². The van der Waals surface area contributed by atoms with Crippen molar-refractivity contribution in [2.45, 2.75) is 33.7 Å². The Labute approximate surface area is 196 Å². The van der Waals surface area contributed by atoms with E-state index in [0.717, 1.165) is 66.9 Å². The minimum atomic E-state index is 0.0443. The second-order valence-corrected chi connectivity index (χ2v) is 8.95. The molecular formula is C27H36N4O2. The summed E-state index contributed by atoms with van der Waals surface area (Å²) in [6.45, 7) is 15.6. The molecule has 2 aromatic carbocycles. The lowest BCUT2D eigenvalue weighted by Crippen LogP contribution is -2.48. The van der Waals surface area contributed by atoms with E-state index in [1.165, 1.54) is 0 Å². The summed E-state index contributed by atoms with van der Waals surface area (Å²) in [5, 5.41) is 2.36. The lowest BCUT2D eigenvalue weighted by molar-refractivity contribution is 0.154. The molecule has 33 heavy (non-hydrogen) atoms. The zero-order valence-electron chi connectivity index (χ0n) is 20.4. The molecule has 0 unspecified atom stereocenters. The van der Waals surface area contributed by atoms with Crippen LogP contribution in [0.1, 0.15) is 27.7 Å². The Morgan fingerprint density at radius 1 is 1.03 bits per heavy atom. The first kappa shape index (κ1) is 23.5. The van der Waals surface area contributed by atoms with Gasteiger partial charge in [-0.05, 0) is 57.3 Å². The molecule has 0 saturated carbocycles. The SMILES string of the molecule is CCOCCN(CC)c1ccc2ccc3ncc(N4CCN(C(C)C)CC4)cc3c(=O)c2c1. The average molecular weight is 449 g/mol. The molecule has 6 heteroatoms. The molecule has 176 valence electrons. The molecule has 2 heterocycles. The van der Waals surface area contributed by atoms with Crippen molar-refractivity contribution in [3.8, 4) is 0 Å². The van der Waals surface area contributed by atoms with Crippen molar-refractivity contribution < 1.29 is 4.74 Å². The van der Waals surface area contributed by atoms with E-state index in [9.17, 15) is 4.79 Å². The number of rotatable bonds is 8. The number of ether oxygens (including phenoxy) is 1. The van der Waals surface area contributed by atoms with Crippen LogP contribution in [-0.4, -0.2) is 68.4 Å². The highest BCUT2D eigenvalue weighted by Crippen LogP contribution is 2.24. The highest BCUT2D eigenvalue weighted by molar-refractivity contribution is 5.94. The molecule has 0 amide bonds. The molecule has 0 radical (unpaired) electrons. The highest BCUT2D eigenvalue weighted by atomic mass is 16.5. The maximum Gasteiger partial charge on any atom is 0.195 e. The first-order chi connectivity index (χ1) is 16.0. The summed E-state index contributed by atoms with van der Waals surface area (Å²) in [4.78, 5) is 25.4. The molecule has 0 spiro atoms. The monoisotopic (exact) mass is 448 g/mol. The number of hydrogen-bond donors (Lipinski definition) is 0. The Hall–Kier alpha value is -2.70. The van der Waals surface area contributed by atoms with Crippen molar-refractivity contribution >= 4 is 33.1 Å². The number of likely N-dealkylation sites (N-methyl/N-ethyl adjacent to an activating group) is 1. The molecule has 1 aliphatic heterocycles. The summed E-state index contributed by atoms with van der Waals surface area (Å²) >= 11 is 0. The van der Waals surface area contributed by atoms with Gasteiger partial charge in [0, 0.05) is 63.0 Å². The molecule has 3 aromatic rings. The normalized spacial score (nSPS) is 15.0. The number of anilines is 2. The predicted molar refractivity (Wildman–Crippen MR) is 139 cm³/mol. The Kier molecular flexibility index (Phi) is 7.46. The summed E-state index contributed by atoms with van der Waals surface area (Å²) in [7, 11) is 0. The van der Waals surface area contributed by atoms with Crippen LogP contribution in [0.15, 0.2) is 47.4 Å². The van der Waals surface area contributed by atoms with Crippen molar-refractivity contribution in [2.24, 2.45) is 0 Å². The van der Waals surface area contributed by atoms with Crippen LogP contribution in [0.5, 0.6) is 0 Å². The van der Waals surface area contributed by atoms with E-state index in [-0.39, 0.29) is 5.43 Å². The smallest absolute Gasteiger partial charge is 0.195 e. The summed E-state index contributed by atoms with van der Waals surface area (Å²) in [6.07, 6.45) is 1.91. The second-order valence-electron chi connectivity index (χ2n) is 8.95. The molecule has 0 N–H and O–H groups in total. The maximum atomic E-state index is 13.7. The van der Waals surface area contributed by atoms with E-state index < -0.39 is 0 Å². The van der Waals surface area contributed by atoms with Crippen LogP contribution in [0.25, 0.3) is 21.7 Å². The Balaban J connectivity index is 1.71. The molecule has 1 aromatic heterocycles. The van der Waals surface area contributed by atoms with Gasteiger partial charge in [0.2, 0.25) is 0 Å². The first-order valence-electron chi connectivity index (χ1n) is 12.2. The number of fused-ring (bicyclic) bond motifs is 2. The van der Waals surface area contributed by atoms with Gasteiger partial charge >= 0.3 is 0 Å². The summed E-state index contributed by atoms with van der Waals surface area (Å²) in [6, 6.07) is 12.7. The fraction of sp³-hybridized carbons (Fsp3) is 0.481. The quantitative estimate of drug-likeness (QED) is 0.483. The van der Waals surface area contributed by atoms with Crippen LogP contribution in [0.4, 0.5) is 11.4 Å². The number of nitrogens with zero attached hydrogens (tertiary/aromatic N) is 4. The van der Waals surface area contributed by atoms with Crippen molar-refractivity contribution in [1.82, 2.24) is 9.88 Å². The van der Waals surface area contributed by atoms with Gasteiger partial charge in [0.25, 0.3) is 0 Å². The highest BCUT2D eigenvalue weighted by Gasteiger charge is 2.20. The topological polar surface area (TPSA) is 48.9 Å². The van der Waals surface area contributed by atoms with Gasteiger partial charge < -0.3 is 14.5 Å². The average Bonchev–Trinajstić information content (AvgIpc) is 2.98. The van der Waals surface area contributed by atoms with Crippen LogP contribution in [0.2, 0.25) is 0 Å². The third-order valence-corrected chi connectivity index (χ3v) is 6.72. The van der Waals surface area contributed by atoms with Crippen molar-refractivity contribution in [3.05, 3.63) is 52.8 Å². The van der Waals surface area contributed by atoms with Gasteiger partial charge in [-0.15, -0.1) is 0 Å². The van der Waals surface area contributed by atoms with E-state index in [0.29, 0.717) is 24.6 Å². The number of piperazine rings is 1. The minimum absolute atomic E-state index is 0.0443. The van der Waals surface area contributed by atoms with Crippen LogP contribution >= 0.6 is 0 Å². The number of aromatic nitrogens is 1. The van der Waals surface area contributed by atoms with Crippen LogP contribution in [-0.2, 0) is 4.74 Å². The number of benzene rings is 1. The molecule has 1 saturated heterocycles. The van der Waals surface area contributed by atoms with Gasteiger partial charge in [-0.3, -0.25) is 14.7 Å². The minimum Gasteiger partial charge on any atom is -0.380 e. The summed E-state index contributed by atoms with van der Waals surface area (Å²) < 4.78 is 5.54. The Morgan fingerprint density at radius 2 is 1.79 bits per heavy atom. The predicted octanol–water partition coefficient (Wildman–Crippen LogP) is 4.14. The first-order valence-corrected chi connectivity index (χ1v) is 12.2. The third-order valence-electron chi connectivity index (χ3n) is 6.72. The lowest BCUT2D eigenvalue weighted by atomic mass is 10.1. The van der Waals surface area contributed by atoms with Crippen molar-refractivity contribution in [1.29, 1.82) is 0 Å². The number of pyridine rings is 1. The van der Waals surface area contributed by atoms with E-state index in [1.54, 1.807) is 0 Å². The molecule has 0 bridgehead atoms. The second kappa shape index (κ2) is 10.5. The van der Waals surface area contributed by atoms with Crippen molar-refractivity contribution in [3.63, 3.8) is 0 Å². The molecule has 0 atom stereocenters. The zero-order valence-corrected chi connectivity index (χ0v) is 20.4. The lowest BCUT2D eigenvalue weighted by Gasteiger charge is -2.38. The largest absolute Gasteiger partial charge is 0.380 e. The van der Waals surface area contributed by atoms with E-state index in [4.69, 9.17) is 4.74 Å². The molecule has 1 aliphatic rings. The fourth-order valence-electron chi connectivity index (χ4n) is 4.63. The molecule has 6 nitrogen and oxygen atoms in total. The Bertz CT molecular complexity index is 1160. The number of hydrogen-bond acceptors (Lipinski definition) is 6. The maximum absolute atomic E-state index is 13.7. The van der Waals surface area contributed by atoms with Gasteiger partial charge in [-0.25, -0.2) is 0 Å². The van der Waals surface area contributed by atoms with Gasteiger partial charge in [0.05, 0.1) is 29.4 Å². The zero-order chi connectivity index (χ0) is 23.4. The summed E-state index contributed by atoms with van der Waals surface area (Å²) in [5.74, 6) is 0. The molecule has 0 aliphatic carbocycles. The fourth-order valence-corrected chi connectivity index (χ4v) is 4.63. The van der Waals surface area contributed by atoms with Crippen LogP contribution in [0, 0.1) is 0 Å². The Morgan fingerprint density at radius 3 is 2.48 bits per heavy atom. The van der Waals surface area contributed by atoms with Crippen molar-refractivity contribution in [2.75, 3.05) is 62.3 Å². The standard InChI is InChI=1S/C27H36N4O2/c1-5-29(15-16-33-6-2)22-9-7-21-8-10-26-25(27(32)24(21)17-22)18-23(19-28-26)31-13-11-30(12-14-31)20(3)4/h7-10,17-20H,5-6,11-16H2,1-4H3. The summed E-state index contributed by atoms with van der Waals surface area (Å²) in [5.41, 5.74) is 2.87. The van der Waals surface area contributed by atoms with E-state index in [1.807, 2.05) is 43.5 Å². The molecule has 4 rings (SSSR count). The third kappa shape index (κ3) is 5.12.